The van der Waals surface area contributed by atoms with Gasteiger partial charge in [0.2, 0.25) is 0 Å². The molecule has 1 aromatic carbocycles. The molecule has 2 heterocycles. The molecular formula is C16H15NO5S. The van der Waals surface area contributed by atoms with Crippen molar-refractivity contribution in [3.63, 3.8) is 0 Å². The molecule has 3 rings (SSSR count). The van der Waals surface area contributed by atoms with E-state index >= 15 is 0 Å². The fraction of sp³-hybridized carbons (Fsp3) is 0.312. The lowest BCUT2D eigenvalue weighted by atomic mass is 10.1. The van der Waals surface area contributed by atoms with Crippen LogP contribution in [0.5, 0.6) is 0 Å². The summed E-state index contributed by atoms with van der Waals surface area (Å²) in [6, 6.07) is 6.81. The van der Waals surface area contributed by atoms with Crippen molar-refractivity contribution in [2.45, 2.75) is 13.5 Å². The maximum absolute atomic E-state index is 11.9. The molecule has 1 aliphatic heterocycles. The second-order valence-electron chi connectivity index (χ2n) is 5.29. The number of hydrogen-bond acceptors (Lipinski definition) is 6. The summed E-state index contributed by atoms with van der Waals surface area (Å²) < 4.78 is 10.4. The first kappa shape index (κ1) is 15.6. The van der Waals surface area contributed by atoms with E-state index in [9.17, 15) is 14.4 Å². The topological polar surface area (TPSA) is 76.8 Å². The van der Waals surface area contributed by atoms with E-state index in [0.29, 0.717) is 23.4 Å². The van der Waals surface area contributed by atoms with Crippen LogP contribution in [0.25, 0.3) is 11.0 Å². The van der Waals surface area contributed by atoms with E-state index in [2.05, 4.69) is 0 Å². The molecule has 1 saturated heterocycles. The fourth-order valence-electron chi connectivity index (χ4n) is 2.39. The van der Waals surface area contributed by atoms with Crippen molar-refractivity contribution in [1.29, 1.82) is 0 Å². The van der Waals surface area contributed by atoms with Gasteiger partial charge in [-0.25, -0.2) is 4.79 Å². The highest BCUT2D eigenvalue weighted by molar-refractivity contribution is 8.13. The summed E-state index contributed by atoms with van der Waals surface area (Å²) in [6.07, 6.45) is 0. The van der Waals surface area contributed by atoms with E-state index in [1.165, 1.54) is 22.7 Å². The molecule has 1 aromatic heterocycles. The molecule has 6 nitrogen and oxygen atoms in total. The third-order valence-electron chi connectivity index (χ3n) is 3.54. The average Bonchev–Trinajstić information content (AvgIpc) is 2.89. The summed E-state index contributed by atoms with van der Waals surface area (Å²) in [7, 11) is 0. The Kier molecular flexibility index (Phi) is 4.38. The third kappa shape index (κ3) is 3.56. The molecule has 2 aromatic rings. The zero-order valence-electron chi connectivity index (χ0n) is 12.5. The van der Waals surface area contributed by atoms with Crippen LogP contribution in [0.2, 0.25) is 0 Å². The normalized spacial score (nSPS) is 14.5. The Bertz CT molecular complexity index is 829. The van der Waals surface area contributed by atoms with E-state index in [0.717, 1.165) is 10.9 Å². The molecule has 0 saturated carbocycles. The number of carbonyl (C=O) groups is 2. The Morgan fingerprint density at radius 2 is 2.17 bits per heavy atom. The highest BCUT2D eigenvalue weighted by atomic mass is 32.2. The minimum atomic E-state index is -0.491. The number of carbonyl (C=O) groups excluding carboxylic acids is 2. The van der Waals surface area contributed by atoms with Crippen LogP contribution in [0.1, 0.15) is 11.1 Å². The minimum Gasteiger partial charge on any atom is -0.459 e. The summed E-state index contributed by atoms with van der Waals surface area (Å²) in [5, 5.41) is 0.624. The molecule has 1 fully saturated rings. The molecular weight excluding hydrogens is 318 g/mol. The zero-order chi connectivity index (χ0) is 16.4. The summed E-state index contributed by atoms with van der Waals surface area (Å²) in [5.41, 5.74) is 1.54. The Morgan fingerprint density at radius 3 is 2.91 bits per heavy atom. The van der Waals surface area contributed by atoms with Crippen LogP contribution in [-0.2, 0) is 16.1 Å². The van der Waals surface area contributed by atoms with Crippen LogP contribution in [0, 0.1) is 6.92 Å². The highest BCUT2D eigenvalue weighted by Crippen LogP contribution is 2.20. The van der Waals surface area contributed by atoms with E-state index < -0.39 is 11.6 Å². The Morgan fingerprint density at radius 1 is 1.35 bits per heavy atom. The minimum absolute atomic E-state index is 0.0286. The molecule has 0 atom stereocenters. The van der Waals surface area contributed by atoms with Gasteiger partial charge in [-0.1, -0.05) is 23.9 Å². The predicted octanol–water partition coefficient (Wildman–Crippen LogP) is 2.31. The molecule has 0 spiro atoms. The van der Waals surface area contributed by atoms with Crippen LogP contribution in [-0.4, -0.2) is 35.0 Å². The van der Waals surface area contributed by atoms with Gasteiger partial charge in [0.15, 0.2) is 0 Å². The second kappa shape index (κ2) is 6.45. The number of benzene rings is 1. The molecule has 0 unspecified atom stereocenters. The highest BCUT2D eigenvalue weighted by Gasteiger charge is 2.24. The number of esters is 1. The van der Waals surface area contributed by atoms with Crippen LogP contribution in [0.4, 0.5) is 4.79 Å². The number of thioether (sulfide) groups is 1. The maximum Gasteiger partial charge on any atom is 0.336 e. The number of hydrogen-bond donors (Lipinski definition) is 0. The van der Waals surface area contributed by atoms with E-state index in [1.807, 2.05) is 19.1 Å². The summed E-state index contributed by atoms with van der Waals surface area (Å²) in [6.45, 7) is 2.36. The first-order chi connectivity index (χ1) is 11.0. The fourth-order valence-corrected chi connectivity index (χ4v) is 3.21. The monoisotopic (exact) mass is 333 g/mol. The number of nitrogens with zero attached hydrogens (tertiary/aromatic N) is 1. The second-order valence-corrected chi connectivity index (χ2v) is 6.33. The van der Waals surface area contributed by atoms with Gasteiger partial charge < -0.3 is 14.1 Å². The lowest BCUT2D eigenvalue weighted by molar-refractivity contribution is -0.145. The number of rotatable bonds is 4. The van der Waals surface area contributed by atoms with Gasteiger partial charge in [0, 0.05) is 29.3 Å². The van der Waals surface area contributed by atoms with Crippen LogP contribution >= 0.6 is 11.8 Å². The molecule has 7 heteroatoms. The van der Waals surface area contributed by atoms with Gasteiger partial charge in [-0.15, -0.1) is 0 Å². The number of amides is 1. The lowest BCUT2D eigenvalue weighted by Crippen LogP contribution is -2.30. The number of ether oxygens (including phenoxy) is 1. The van der Waals surface area contributed by atoms with Crippen molar-refractivity contribution in [2.75, 3.05) is 18.8 Å². The van der Waals surface area contributed by atoms with Gasteiger partial charge in [-0.2, -0.15) is 0 Å². The van der Waals surface area contributed by atoms with Crippen LogP contribution in [0.15, 0.2) is 33.5 Å². The Hall–Kier alpha value is -2.28. The number of fused-ring (bicyclic) bond motifs is 1. The van der Waals surface area contributed by atoms with Crippen LogP contribution < -0.4 is 5.63 Å². The van der Waals surface area contributed by atoms with Gasteiger partial charge in [-0.05, 0) is 18.6 Å². The van der Waals surface area contributed by atoms with Gasteiger partial charge in [-0.3, -0.25) is 9.59 Å². The average molecular weight is 333 g/mol. The van der Waals surface area contributed by atoms with Gasteiger partial charge in [0.25, 0.3) is 5.24 Å². The van der Waals surface area contributed by atoms with Crippen molar-refractivity contribution in [1.82, 2.24) is 4.90 Å². The maximum atomic E-state index is 11.9. The smallest absolute Gasteiger partial charge is 0.336 e. The van der Waals surface area contributed by atoms with E-state index in [4.69, 9.17) is 9.15 Å². The summed E-state index contributed by atoms with van der Waals surface area (Å²) in [5.74, 6) is 0.199. The molecule has 1 amide bonds. The van der Waals surface area contributed by atoms with Gasteiger partial charge >= 0.3 is 11.6 Å². The van der Waals surface area contributed by atoms with Crippen molar-refractivity contribution in [3.8, 4) is 0 Å². The van der Waals surface area contributed by atoms with Crippen LogP contribution in [0.3, 0.4) is 0 Å². The van der Waals surface area contributed by atoms with E-state index in [-0.39, 0.29) is 18.4 Å². The van der Waals surface area contributed by atoms with Crippen molar-refractivity contribution >= 4 is 33.9 Å². The molecule has 120 valence electrons. The zero-order valence-corrected chi connectivity index (χ0v) is 13.4. The van der Waals surface area contributed by atoms with Crippen molar-refractivity contribution in [3.05, 3.63) is 45.8 Å². The Labute approximate surface area is 136 Å². The summed E-state index contributed by atoms with van der Waals surface area (Å²) in [4.78, 5) is 36.4. The van der Waals surface area contributed by atoms with Crippen molar-refractivity contribution in [2.24, 2.45) is 0 Å². The lowest BCUT2D eigenvalue weighted by Gasteiger charge is -2.13. The molecule has 23 heavy (non-hydrogen) atoms. The molecule has 0 aliphatic carbocycles. The third-order valence-corrected chi connectivity index (χ3v) is 4.43. The Balaban J connectivity index is 1.72. The molecule has 0 N–H and O–H groups in total. The first-order valence-electron chi connectivity index (χ1n) is 7.13. The van der Waals surface area contributed by atoms with E-state index in [1.54, 1.807) is 6.07 Å². The standard InChI is InChI=1S/C16H15NO5S/c1-10-2-3-12-11(7-14(18)22-13(12)6-10)9-21-15(19)8-17-4-5-23-16(17)20/h2-3,6-7H,4-5,8-9H2,1H3. The molecule has 0 radical (unpaired) electrons. The van der Waals surface area contributed by atoms with Gasteiger partial charge in [0.1, 0.15) is 18.7 Å². The largest absolute Gasteiger partial charge is 0.459 e. The quantitative estimate of drug-likeness (QED) is 0.631. The summed E-state index contributed by atoms with van der Waals surface area (Å²) >= 11 is 1.19. The predicted molar refractivity (Wildman–Crippen MR) is 86.4 cm³/mol. The first-order valence-corrected chi connectivity index (χ1v) is 8.12. The van der Waals surface area contributed by atoms with Gasteiger partial charge in [0.05, 0.1) is 0 Å². The SMILES string of the molecule is Cc1ccc2c(COC(=O)CN3CCSC3=O)cc(=O)oc2c1. The number of aryl methyl sites for hydroxylation is 1. The molecule has 0 bridgehead atoms. The molecule has 1 aliphatic rings. The van der Waals surface area contributed by atoms with Crippen molar-refractivity contribution < 1.29 is 18.7 Å².